The molecule has 5 unspecified atom stereocenters. The van der Waals surface area contributed by atoms with Crippen LogP contribution in [0.25, 0.3) is 0 Å². The Morgan fingerprint density at radius 3 is 2.35 bits per heavy atom. The Balaban J connectivity index is 1.39. The molecule has 2 heteroatoms. The Kier molecular flexibility index (Phi) is 3.80. The Morgan fingerprint density at radius 2 is 1.75 bits per heavy atom. The van der Waals surface area contributed by atoms with Gasteiger partial charge in [0.25, 0.3) is 0 Å². The lowest BCUT2D eigenvalue weighted by atomic mass is 9.87. The van der Waals surface area contributed by atoms with E-state index in [0.29, 0.717) is 0 Å². The van der Waals surface area contributed by atoms with Crippen molar-refractivity contribution in [2.45, 2.75) is 82.8 Å². The van der Waals surface area contributed by atoms with E-state index in [2.05, 4.69) is 17.1 Å². The van der Waals surface area contributed by atoms with Crippen LogP contribution in [0.3, 0.4) is 0 Å². The van der Waals surface area contributed by atoms with Crippen molar-refractivity contribution in [2.75, 3.05) is 13.1 Å². The summed E-state index contributed by atoms with van der Waals surface area (Å²) in [6.07, 6.45) is 13.3. The summed E-state index contributed by atoms with van der Waals surface area (Å²) in [5, 5.41) is 3.81. The number of hydrogen-bond donors (Lipinski definition) is 1. The van der Waals surface area contributed by atoms with Gasteiger partial charge in [-0.3, -0.25) is 4.90 Å². The number of hydrogen-bond acceptors (Lipinski definition) is 2. The molecule has 0 aromatic rings. The summed E-state index contributed by atoms with van der Waals surface area (Å²) in [7, 11) is 0. The average Bonchev–Trinajstić information content (AvgIpc) is 3.14. The fourth-order valence-corrected chi connectivity index (χ4v) is 5.94. The Hall–Kier alpha value is -0.0800. The lowest BCUT2D eigenvalue weighted by Crippen LogP contribution is -2.50. The van der Waals surface area contributed by atoms with Crippen LogP contribution in [0, 0.1) is 17.8 Å². The number of nitrogens with zero attached hydrogens (tertiary/aromatic N) is 1. The molecule has 2 heterocycles. The van der Waals surface area contributed by atoms with Gasteiger partial charge < -0.3 is 5.32 Å². The third-order valence-corrected chi connectivity index (χ3v) is 6.83. The monoisotopic (exact) mass is 276 g/mol. The zero-order chi connectivity index (χ0) is 13.5. The van der Waals surface area contributed by atoms with Crippen molar-refractivity contribution >= 4 is 0 Å². The molecule has 4 aliphatic rings. The van der Waals surface area contributed by atoms with Crippen LogP contribution in [0.15, 0.2) is 0 Å². The predicted molar refractivity (Wildman–Crippen MR) is 83.8 cm³/mol. The zero-order valence-corrected chi connectivity index (χ0v) is 13.2. The van der Waals surface area contributed by atoms with Crippen LogP contribution in [0.4, 0.5) is 0 Å². The van der Waals surface area contributed by atoms with Crippen molar-refractivity contribution in [3.63, 3.8) is 0 Å². The summed E-state index contributed by atoms with van der Waals surface area (Å²) in [6, 6.07) is 2.59. The maximum Gasteiger partial charge on any atom is 0.0125 e. The molecule has 2 aliphatic heterocycles. The Morgan fingerprint density at radius 1 is 0.950 bits per heavy atom. The number of piperidine rings is 1. The van der Waals surface area contributed by atoms with E-state index in [1.54, 1.807) is 25.7 Å². The molecule has 5 atom stereocenters. The number of fused-ring (bicyclic) bond motifs is 4. The van der Waals surface area contributed by atoms with Crippen molar-refractivity contribution < 1.29 is 0 Å². The van der Waals surface area contributed by atoms with Crippen molar-refractivity contribution in [3.8, 4) is 0 Å². The van der Waals surface area contributed by atoms with E-state index in [4.69, 9.17) is 0 Å². The SMILES string of the molecule is CCCN(CC1CC2CCC1C2)C1CC2CCC(C1)N2. The van der Waals surface area contributed by atoms with Gasteiger partial charge in [-0.15, -0.1) is 0 Å². The first-order chi connectivity index (χ1) is 9.81. The molecule has 0 aromatic carbocycles. The first-order valence-corrected chi connectivity index (χ1v) is 9.32. The lowest BCUT2D eigenvalue weighted by molar-refractivity contribution is 0.105. The highest BCUT2D eigenvalue weighted by Crippen LogP contribution is 2.48. The quantitative estimate of drug-likeness (QED) is 0.828. The Bertz CT molecular complexity index is 330. The van der Waals surface area contributed by atoms with E-state index in [1.165, 1.54) is 45.2 Å². The molecule has 20 heavy (non-hydrogen) atoms. The third kappa shape index (κ3) is 2.54. The maximum atomic E-state index is 3.81. The number of nitrogens with one attached hydrogen (secondary N) is 1. The van der Waals surface area contributed by atoms with Gasteiger partial charge in [0, 0.05) is 24.7 Å². The molecule has 0 amide bonds. The van der Waals surface area contributed by atoms with E-state index in [0.717, 1.165) is 35.9 Å². The summed E-state index contributed by atoms with van der Waals surface area (Å²) in [4.78, 5) is 2.91. The largest absolute Gasteiger partial charge is 0.311 e. The summed E-state index contributed by atoms with van der Waals surface area (Å²) in [6.45, 7) is 5.14. The molecular weight excluding hydrogens is 244 g/mol. The van der Waals surface area contributed by atoms with Crippen LogP contribution < -0.4 is 5.32 Å². The molecule has 0 spiro atoms. The van der Waals surface area contributed by atoms with Gasteiger partial charge in [-0.05, 0) is 75.7 Å². The van der Waals surface area contributed by atoms with Gasteiger partial charge in [-0.1, -0.05) is 13.3 Å². The van der Waals surface area contributed by atoms with Crippen molar-refractivity contribution in [1.82, 2.24) is 10.2 Å². The minimum absolute atomic E-state index is 0.845. The van der Waals surface area contributed by atoms with E-state index < -0.39 is 0 Å². The lowest BCUT2D eigenvalue weighted by Gasteiger charge is -2.40. The van der Waals surface area contributed by atoms with Gasteiger partial charge in [-0.2, -0.15) is 0 Å². The topological polar surface area (TPSA) is 15.3 Å². The Labute approximate surface area is 124 Å². The van der Waals surface area contributed by atoms with Gasteiger partial charge >= 0.3 is 0 Å². The smallest absolute Gasteiger partial charge is 0.0125 e. The zero-order valence-electron chi connectivity index (χ0n) is 13.2. The van der Waals surface area contributed by atoms with Gasteiger partial charge in [0.2, 0.25) is 0 Å². The second-order valence-electron chi connectivity index (χ2n) is 8.19. The van der Waals surface area contributed by atoms with Crippen LogP contribution >= 0.6 is 0 Å². The first kappa shape index (κ1) is 13.6. The minimum atomic E-state index is 0.845. The molecule has 4 bridgehead atoms. The van der Waals surface area contributed by atoms with Gasteiger partial charge in [0.15, 0.2) is 0 Å². The van der Waals surface area contributed by atoms with Crippen LogP contribution in [-0.2, 0) is 0 Å². The molecular formula is C18H32N2. The number of rotatable bonds is 5. The van der Waals surface area contributed by atoms with Crippen LogP contribution in [0.1, 0.15) is 64.7 Å². The molecule has 114 valence electrons. The highest BCUT2D eigenvalue weighted by molar-refractivity contribution is 4.97. The van der Waals surface area contributed by atoms with E-state index >= 15 is 0 Å². The predicted octanol–water partition coefficient (Wildman–Crippen LogP) is 3.42. The molecule has 2 saturated carbocycles. The summed E-state index contributed by atoms with van der Waals surface area (Å²) < 4.78 is 0. The standard InChI is InChI=1S/C18H32N2/c1-2-7-20(12-15-9-13-3-4-14(15)8-13)18-10-16-5-6-17(11-18)19-16/h13-19H,2-12H2,1H3. The van der Waals surface area contributed by atoms with E-state index in [9.17, 15) is 0 Å². The molecule has 1 N–H and O–H groups in total. The van der Waals surface area contributed by atoms with Crippen molar-refractivity contribution in [1.29, 1.82) is 0 Å². The molecule has 0 radical (unpaired) electrons. The van der Waals surface area contributed by atoms with Crippen LogP contribution in [-0.4, -0.2) is 36.1 Å². The van der Waals surface area contributed by atoms with Gasteiger partial charge in [-0.25, -0.2) is 0 Å². The minimum Gasteiger partial charge on any atom is -0.311 e. The highest BCUT2D eigenvalue weighted by Gasteiger charge is 2.42. The fourth-order valence-electron chi connectivity index (χ4n) is 5.94. The summed E-state index contributed by atoms with van der Waals surface area (Å²) in [5.74, 6) is 3.25. The van der Waals surface area contributed by atoms with Gasteiger partial charge in [0.1, 0.15) is 0 Å². The van der Waals surface area contributed by atoms with Crippen molar-refractivity contribution in [3.05, 3.63) is 0 Å². The van der Waals surface area contributed by atoms with E-state index in [1.807, 2.05) is 0 Å². The molecule has 2 saturated heterocycles. The summed E-state index contributed by atoms with van der Waals surface area (Å²) in [5.41, 5.74) is 0. The van der Waals surface area contributed by atoms with E-state index in [-0.39, 0.29) is 0 Å². The molecule has 4 fully saturated rings. The third-order valence-electron chi connectivity index (χ3n) is 6.83. The van der Waals surface area contributed by atoms with Crippen LogP contribution in [0.5, 0.6) is 0 Å². The van der Waals surface area contributed by atoms with Crippen molar-refractivity contribution in [2.24, 2.45) is 17.8 Å². The molecule has 0 aromatic heterocycles. The molecule has 2 nitrogen and oxygen atoms in total. The molecule has 2 aliphatic carbocycles. The first-order valence-electron chi connectivity index (χ1n) is 9.32. The van der Waals surface area contributed by atoms with Gasteiger partial charge in [0.05, 0.1) is 0 Å². The van der Waals surface area contributed by atoms with Crippen LogP contribution in [0.2, 0.25) is 0 Å². The summed E-state index contributed by atoms with van der Waals surface area (Å²) >= 11 is 0. The molecule has 4 rings (SSSR count). The highest BCUT2D eigenvalue weighted by atomic mass is 15.2. The average molecular weight is 276 g/mol. The second kappa shape index (κ2) is 5.61. The second-order valence-corrected chi connectivity index (χ2v) is 8.19. The normalized spacial score (nSPS) is 46.5. The maximum absolute atomic E-state index is 3.81. The fraction of sp³-hybridized carbons (Fsp3) is 1.00.